The SMILES string of the molecule is [2H]c1cc([2H])c(N2[CH-]N(c3c(C)cc(C(C)(C)C)cc3C)c3c([2H])nc([2H])c([2H])c32)[c-]c1Oc1[c-]c2c(c([2H])c1[2H])c1c([2H])c([2H])c([2H])c([2H])c1n2-c1cc(C(C)(C)C)ccn1.[Pt]. The first-order valence-corrected chi connectivity index (χ1v) is 16.6. The summed E-state index contributed by atoms with van der Waals surface area (Å²) in [7, 11) is 0. The molecule has 52 heavy (non-hydrogen) atoms. The van der Waals surface area contributed by atoms with Gasteiger partial charge in [0, 0.05) is 63.2 Å². The fourth-order valence-corrected chi connectivity index (χ4v) is 6.37. The Morgan fingerprint density at radius 1 is 0.769 bits per heavy atom. The quantitative estimate of drug-likeness (QED) is 0.161. The fraction of sp³-hybridized carbons (Fsp3) is 0.222. The van der Waals surface area contributed by atoms with Gasteiger partial charge in [0.15, 0.2) is 0 Å². The Labute approximate surface area is 336 Å². The third-order valence-corrected chi connectivity index (χ3v) is 8.99. The zero-order chi connectivity index (χ0) is 45.2. The molecule has 266 valence electrons. The number of hydrogen-bond donors (Lipinski definition) is 0. The van der Waals surface area contributed by atoms with Gasteiger partial charge >= 0.3 is 0 Å². The number of hydrogen-bond acceptors (Lipinski definition) is 5. The molecule has 0 bridgehead atoms. The van der Waals surface area contributed by atoms with Crippen molar-refractivity contribution in [2.75, 3.05) is 9.80 Å². The average Bonchev–Trinajstić information content (AvgIpc) is 3.75. The van der Waals surface area contributed by atoms with E-state index in [4.69, 9.17) is 18.4 Å². The normalized spacial score (nSPS) is 16.0. The van der Waals surface area contributed by atoms with Crippen molar-refractivity contribution in [1.82, 2.24) is 14.5 Å². The van der Waals surface area contributed by atoms with Crippen molar-refractivity contribution >= 4 is 44.6 Å². The summed E-state index contributed by atoms with van der Waals surface area (Å²) in [6.07, 6.45) is 0.879. The first kappa shape index (κ1) is 24.3. The molecule has 0 N–H and O–H groups in total. The number of benzene rings is 4. The van der Waals surface area contributed by atoms with Crippen LogP contribution in [0.5, 0.6) is 11.5 Å². The molecule has 6 nitrogen and oxygen atoms in total. The summed E-state index contributed by atoms with van der Waals surface area (Å²) >= 11 is 0. The Hall–Kier alpha value is -4.93. The van der Waals surface area contributed by atoms with Crippen molar-refractivity contribution < 1.29 is 40.9 Å². The molecule has 7 aromatic rings. The van der Waals surface area contributed by atoms with Crippen LogP contribution in [0.4, 0.5) is 22.7 Å². The molecule has 7 heteroatoms. The average molecular weight is 875 g/mol. The first-order valence-electron chi connectivity index (χ1n) is 22.1. The zero-order valence-electron chi connectivity index (χ0n) is 41.0. The van der Waals surface area contributed by atoms with Crippen molar-refractivity contribution in [3.63, 3.8) is 0 Å². The summed E-state index contributed by atoms with van der Waals surface area (Å²) in [5.74, 6) is -0.315. The molecule has 0 saturated carbocycles. The Bertz CT molecular complexity index is 3050. The number of aromatic nitrogens is 3. The monoisotopic (exact) mass is 874 g/mol. The number of fused-ring (bicyclic) bond motifs is 4. The summed E-state index contributed by atoms with van der Waals surface area (Å²) < 4.78 is 105. The topological polar surface area (TPSA) is 46.4 Å². The summed E-state index contributed by atoms with van der Waals surface area (Å²) in [6.45, 7) is 17.9. The molecule has 0 spiro atoms. The first-order chi connectivity index (χ1) is 28.9. The van der Waals surface area contributed by atoms with E-state index in [2.05, 4.69) is 55.0 Å². The number of nitrogens with zero attached hydrogens (tertiary/aromatic N) is 5. The van der Waals surface area contributed by atoms with Gasteiger partial charge in [0.1, 0.15) is 5.82 Å². The van der Waals surface area contributed by atoms with E-state index < -0.39 is 36.4 Å². The Morgan fingerprint density at radius 2 is 1.50 bits per heavy atom. The number of rotatable bonds is 5. The van der Waals surface area contributed by atoms with Gasteiger partial charge in [-0.05, 0) is 80.6 Å². The van der Waals surface area contributed by atoms with Crippen molar-refractivity contribution in [3.8, 4) is 17.3 Å². The molecule has 0 saturated heterocycles. The van der Waals surface area contributed by atoms with Gasteiger partial charge < -0.3 is 19.1 Å². The van der Waals surface area contributed by atoms with Gasteiger partial charge in [-0.3, -0.25) is 4.98 Å². The molecular formula is C45H42N5OPt-3. The van der Waals surface area contributed by atoms with E-state index in [-0.39, 0.29) is 118 Å². The van der Waals surface area contributed by atoms with E-state index >= 15 is 0 Å². The van der Waals surface area contributed by atoms with Crippen LogP contribution in [0.1, 0.15) is 78.9 Å². The second-order valence-corrected chi connectivity index (χ2v) is 14.7. The van der Waals surface area contributed by atoms with Gasteiger partial charge in [0.2, 0.25) is 0 Å². The Kier molecular flexibility index (Phi) is 6.20. The standard InChI is InChI=1S/C45H42N5O.Pt/c1-29-22-32(45(6,7)8)23-30(2)43(29)49-28-48(39-19-20-46-27-41(39)49)33-12-11-13-34(25-33)51-35-16-17-37-36-14-9-10-15-38(36)50(40(37)26-35)42-24-31(18-21-47-42)44(3,4)5;/h9-24,27-28H,1-8H3;/q-3;/i9D,10D,12D,13D,14D,15D,16D,17D,19D,20D,27D;. The summed E-state index contributed by atoms with van der Waals surface area (Å²) in [4.78, 5) is 11.8. The largest absolute Gasteiger partial charge is 0.509 e. The van der Waals surface area contributed by atoms with Crippen LogP contribution in [0.25, 0.3) is 27.6 Å². The van der Waals surface area contributed by atoms with Crippen molar-refractivity contribution in [3.05, 3.63) is 144 Å². The smallest absolute Gasteiger partial charge is 0.135 e. The minimum Gasteiger partial charge on any atom is -0.509 e. The third-order valence-electron chi connectivity index (χ3n) is 8.99. The van der Waals surface area contributed by atoms with Crippen molar-refractivity contribution in [1.29, 1.82) is 0 Å². The van der Waals surface area contributed by atoms with Gasteiger partial charge in [-0.25, -0.2) is 4.98 Å². The number of pyridine rings is 2. The van der Waals surface area contributed by atoms with Crippen LogP contribution >= 0.6 is 0 Å². The van der Waals surface area contributed by atoms with Crippen LogP contribution in [-0.4, -0.2) is 14.5 Å². The predicted octanol–water partition coefficient (Wildman–Crippen LogP) is 11.6. The van der Waals surface area contributed by atoms with E-state index in [0.717, 1.165) is 27.9 Å². The van der Waals surface area contributed by atoms with Crippen LogP contribution in [0.15, 0.2) is 103 Å². The molecule has 0 atom stereocenters. The van der Waals surface area contributed by atoms with Gasteiger partial charge in [0.05, 0.1) is 21.5 Å². The van der Waals surface area contributed by atoms with E-state index in [1.165, 1.54) is 15.5 Å². The molecule has 3 aromatic heterocycles. The van der Waals surface area contributed by atoms with Crippen LogP contribution in [0.3, 0.4) is 0 Å². The van der Waals surface area contributed by atoms with Crippen LogP contribution in [-0.2, 0) is 31.9 Å². The van der Waals surface area contributed by atoms with Crippen LogP contribution < -0.4 is 14.5 Å². The van der Waals surface area contributed by atoms with Crippen LogP contribution in [0.2, 0.25) is 0 Å². The van der Waals surface area contributed by atoms with Crippen molar-refractivity contribution in [2.24, 2.45) is 0 Å². The minimum absolute atomic E-state index is 0. The second-order valence-electron chi connectivity index (χ2n) is 14.7. The molecular weight excluding hydrogens is 822 g/mol. The van der Waals surface area contributed by atoms with Gasteiger partial charge in [-0.15, -0.1) is 48.0 Å². The molecule has 0 unspecified atom stereocenters. The molecule has 0 aliphatic carbocycles. The molecule has 8 rings (SSSR count). The number of para-hydroxylation sites is 1. The minimum atomic E-state index is -0.506. The fourth-order valence-electron chi connectivity index (χ4n) is 6.37. The van der Waals surface area contributed by atoms with Crippen LogP contribution in [0, 0.1) is 32.6 Å². The third kappa shape index (κ3) is 6.28. The Balaban J connectivity index is 0.00000595. The summed E-state index contributed by atoms with van der Waals surface area (Å²) in [5, 5.41) is 0.0430. The molecule has 4 aromatic carbocycles. The molecule has 4 heterocycles. The van der Waals surface area contributed by atoms with E-state index in [1.54, 1.807) is 23.8 Å². The second kappa shape index (κ2) is 13.2. The number of ether oxygens (including phenoxy) is 1. The van der Waals surface area contributed by atoms with Gasteiger partial charge in [-0.1, -0.05) is 77.3 Å². The number of anilines is 4. The molecule has 0 radical (unpaired) electrons. The zero-order valence-corrected chi connectivity index (χ0v) is 32.3. The van der Waals surface area contributed by atoms with Gasteiger partial charge in [-0.2, -0.15) is 12.1 Å². The number of aryl methyl sites for hydroxylation is 2. The van der Waals surface area contributed by atoms with Crippen molar-refractivity contribution in [2.45, 2.75) is 66.2 Å². The molecule has 1 aliphatic rings. The van der Waals surface area contributed by atoms with Gasteiger partial charge in [0.25, 0.3) is 0 Å². The summed E-state index contributed by atoms with van der Waals surface area (Å²) in [5.41, 5.74) is 4.42. The maximum absolute atomic E-state index is 9.24. The predicted molar refractivity (Wildman–Crippen MR) is 209 cm³/mol. The molecule has 0 fully saturated rings. The van der Waals surface area contributed by atoms with E-state index in [1.807, 2.05) is 40.7 Å². The van der Waals surface area contributed by atoms with E-state index in [0.29, 0.717) is 0 Å². The molecule has 1 aliphatic heterocycles. The molecule has 0 amide bonds. The van der Waals surface area contributed by atoms with E-state index in [9.17, 15) is 1.37 Å². The maximum Gasteiger partial charge on any atom is 0.135 e. The maximum atomic E-state index is 9.24. The summed E-state index contributed by atoms with van der Waals surface area (Å²) in [6, 6.07) is 11.5. The Morgan fingerprint density at radius 3 is 2.25 bits per heavy atom.